The minimum Gasteiger partial charge on any atom is -0.467 e. The molecule has 0 N–H and O–H groups in total. The normalized spacial score (nSPS) is 26.1. The van der Waals surface area contributed by atoms with Crippen molar-refractivity contribution in [1.82, 2.24) is 9.96 Å². The summed E-state index contributed by atoms with van der Waals surface area (Å²) in [5.41, 5.74) is 0.927. The van der Waals surface area contributed by atoms with Crippen LogP contribution >= 0.6 is 0 Å². The van der Waals surface area contributed by atoms with Gasteiger partial charge in [0.2, 0.25) is 0 Å². The first-order valence-corrected chi connectivity index (χ1v) is 5.70. The maximum absolute atomic E-state index is 12.1. The van der Waals surface area contributed by atoms with E-state index in [-0.39, 0.29) is 18.7 Å². The van der Waals surface area contributed by atoms with Crippen LogP contribution in [0.15, 0.2) is 24.3 Å². The first-order chi connectivity index (χ1) is 8.60. The van der Waals surface area contributed by atoms with Gasteiger partial charge in [-0.1, -0.05) is 6.08 Å². The zero-order valence-electron chi connectivity index (χ0n) is 10.5. The van der Waals surface area contributed by atoms with E-state index in [0.29, 0.717) is 6.54 Å². The van der Waals surface area contributed by atoms with Crippen molar-refractivity contribution in [1.29, 1.82) is 0 Å². The summed E-state index contributed by atoms with van der Waals surface area (Å²) in [6, 6.07) is -1.11. The number of hydrogen-bond donors (Lipinski definition) is 0. The van der Waals surface area contributed by atoms with Gasteiger partial charge in [-0.3, -0.25) is 4.84 Å². The van der Waals surface area contributed by atoms with Crippen molar-refractivity contribution < 1.29 is 19.2 Å². The number of hydrogen-bond acceptors (Lipinski definition) is 4. The molecule has 1 saturated heterocycles. The molecule has 0 unspecified atom stereocenters. The van der Waals surface area contributed by atoms with Gasteiger partial charge < -0.3 is 9.64 Å². The molecule has 0 spiro atoms. The maximum Gasteiger partial charge on any atom is 0.345 e. The topological polar surface area (TPSA) is 59.1 Å². The average molecular weight is 252 g/mol. The largest absolute Gasteiger partial charge is 0.467 e. The van der Waals surface area contributed by atoms with E-state index >= 15 is 0 Å². The Bertz CT molecular complexity index is 418. The van der Waals surface area contributed by atoms with Crippen LogP contribution in [-0.4, -0.2) is 54.3 Å². The van der Waals surface area contributed by atoms with Crippen LogP contribution in [0.4, 0.5) is 4.79 Å². The van der Waals surface area contributed by atoms with E-state index in [9.17, 15) is 9.59 Å². The Morgan fingerprint density at radius 3 is 3.00 bits per heavy atom. The van der Waals surface area contributed by atoms with Crippen LogP contribution in [0.25, 0.3) is 0 Å². The van der Waals surface area contributed by atoms with E-state index in [4.69, 9.17) is 9.57 Å². The van der Waals surface area contributed by atoms with Gasteiger partial charge in [-0.25, -0.2) is 9.59 Å². The molecule has 0 aliphatic carbocycles. The van der Waals surface area contributed by atoms with Crippen molar-refractivity contribution in [2.24, 2.45) is 0 Å². The van der Waals surface area contributed by atoms with E-state index in [1.54, 1.807) is 12.2 Å². The van der Waals surface area contributed by atoms with Crippen molar-refractivity contribution in [3.8, 4) is 0 Å². The summed E-state index contributed by atoms with van der Waals surface area (Å²) in [4.78, 5) is 30.5. The summed E-state index contributed by atoms with van der Waals surface area (Å²) in [7, 11) is 1.31. The number of urea groups is 1. The lowest BCUT2D eigenvalue weighted by molar-refractivity contribution is -0.144. The molecular weight excluding hydrogens is 236 g/mol. The zero-order chi connectivity index (χ0) is 13.3. The molecule has 18 heavy (non-hydrogen) atoms. The molecule has 6 heteroatoms. The number of carbonyl (C=O) groups excluding carboxylic acids is 2. The van der Waals surface area contributed by atoms with E-state index in [1.165, 1.54) is 17.1 Å². The van der Waals surface area contributed by atoms with Gasteiger partial charge >= 0.3 is 12.0 Å². The van der Waals surface area contributed by atoms with Crippen LogP contribution < -0.4 is 0 Å². The first-order valence-electron chi connectivity index (χ1n) is 5.70. The number of carbonyl (C=O) groups is 2. The summed E-state index contributed by atoms with van der Waals surface area (Å²) in [6.07, 6.45) is 3.32. The number of fused-ring (bicyclic) bond motifs is 2. The summed E-state index contributed by atoms with van der Waals surface area (Å²) >= 11 is 0. The molecule has 0 aromatic heterocycles. The molecule has 1 fully saturated rings. The lowest BCUT2D eigenvalue weighted by Crippen LogP contribution is -2.44. The monoisotopic (exact) mass is 252 g/mol. The smallest absolute Gasteiger partial charge is 0.345 e. The van der Waals surface area contributed by atoms with E-state index in [1.807, 2.05) is 6.92 Å². The molecule has 0 saturated carbocycles. The van der Waals surface area contributed by atoms with Gasteiger partial charge in [0.25, 0.3) is 0 Å². The molecule has 2 amide bonds. The van der Waals surface area contributed by atoms with Gasteiger partial charge in [0, 0.05) is 0 Å². The molecule has 98 valence electrons. The van der Waals surface area contributed by atoms with Crippen LogP contribution in [0.5, 0.6) is 0 Å². The zero-order valence-corrected chi connectivity index (χ0v) is 10.5. The number of esters is 1. The maximum atomic E-state index is 12.1. The fraction of sp³-hybridized carbons (Fsp3) is 0.500. The molecule has 0 aromatic carbocycles. The molecule has 2 aliphatic rings. The second-order valence-corrected chi connectivity index (χ2v) is 4.24. The highest BCUT2D eigenvalue weighted by atomic mass is 16.7. The molecule has 2 aliphatic heterocycles. The van der Waals surface area contributed by atoms with Gasteiger partial charge in [-0.05, 0) is 18.6 Å². The third kappa shape index (κ3) is 1.88. The van der Waals surface area contributed by atoms with Crippen LogP contribution in [0, 0.1) is 0 Å². The van der Waals surface area contributed by atoms with Crippen molar-refractivity contribution in [2.45, 2.75) is 19.0 Å². The second-order valence-electron chi connectivity index (χ2n) is 4.24. The Balaban J connectivity index is 2.22. The Morgan fingerprint density at radius 2 is 2.39 bits per heavy atom. The summed E-state index contributed by atoms with van der Waals surface area (Å²) in [5.74, 6) is -0.438. The minimum atomic E-state index is -0.656. The number of methoxy groups -OCH3 is 1. The fourth-order valence-corrected chi connectivity index (χ4v) is 2.20. The van der Waals surface area contributed by atoms with Crippen molar-refractivity contribution in [3.05, 3.63) is 24.3 Å². The highest BCUT2D eigenvalue weighted by molar-refractivity contribution is 5.88. The van der Waals surface area contributed by atoms with Gasteiger partial charge in [-0.15, -0.1) is 6.58 Å². The van der Waals surface area contributed by atoms with E-state index < -0.39 is 12.0 Å². The standard InChI is InChI=1S/C12H16N2O4/c1-4-5-18-14-10-7-13(12(14)16)9(6-8(10)2)11(15)17-3/h4,6,9-10H,1,5,7H2,2-3H3/t9-,10+/m0/s1. The molecule has 2 bridgehead atoms. The second kappa shape index (κ2) is 4.81. The molecule has 6 nitrogen and oxygen atoms in total. The van der Waals surface area contributed by atoms with Crippen molar-refractivity contribution >= 4 is 12.0 Å². The van der Waals surface area contributed by atoms with Crippen molar-refractivity contribution in [3.63, 3.8) is 0 Å². The lowest BCUT2D eigenvalue weighted by Gasteiger charge is -2.26. The number of hydroxylamine groups is 2. The SMILES string of the molecule is C=CCON1C(=O)N2C[C@@H]1C(C)=C[C@H]2C(=O)OC. The Labute approximate surface area is 105 Å². The van der Waals surface area contributed by atoms with E-state index in [0.717, 1.165) is 5.57 Å². The fourth-order valence-electron chi connectivity index (χ4n) is 2.20. The van der Waals surface area contributed by atoms with Gasteiger partial charge in [-0.2, -0.15) is 5.06 Å². The summed E-state index contributed by atoms with van der Waals surface area (Å²) < 4.78 is 4.70. The number of nitrogens with zero attached hydrogens (tertiary/aromatic N) is 2. The van der Waals surface area contributed by atoms with Crippen LogP contribution in [-0.2, 0) is 14.4 Å². The van der Waals surface area contributed by atoms with Crippen molar-refractivity contribution in [2.75, 3.05) is 20.3 Å². The molecule has 2 rings (SSSR count). The number of ether oxygens (including phenoxy) is 1. The Hall–Kier alpha value is -1.82. The predicted octanol–water partition coefficient (Wildman–Crippen LogP) is 0.712. The third-order valence-corrected chi connectivity index (χ3v) is 3.14. The molecule has 2 atom stereocenters. The van der Waals surface area contributed by atoms with Gasteiger partial charge in [0.05, 0.1) is 26.3 Å². The minimum absolute atomic E-state index is 0.140. The quantitative estimate of drug-likeness (QED) is 0.546. The molecule has 2 heterocycles. The Morgan fingerprint density at radius 1 is 1.67 bits per heavy atom. The first kappa shape index (κ1) is 12.6. The highest BCUT2D eigenvalue weighted by Crippen LogP contribution is 2.30. The summed E-state index contributed by atoms with van der Waals surface area (Å²) in [6.45, 7) is 6.12. The van der Waals surface area contributed by atoms with Gasteiger partial charge in [0.15, 0.2) is 0 Å². The molecule has 0 radical (unpaired) electrons. The average Bonchev–Trinajstić information content (AvgIpc) is 2.65. The van der Waals surface area contributed by atoms with Crippen LogP contribution in [0.1, 0.15) is 6.92 Å². The van der Waals surface area contributed by atoms with Crippen LogP contribution in [0.2, 0.25) is 0 Å². The van der Waals surface area contributed by atoms with Gasteiger partial charge in [0.1, 0.15) is 6.04 Å². The molecule has 0 aromatic rings. The molecular formula is C12H16N2O4. The number of amides is 2. The van der Waals surface area contributed by atoms with E-state index in [2.05, 4.69) is 6.58 Å². The highest BCUT2D eigenvalue weighted by Gasteiger charge is 2.47. The lowest BCUT2D eigenvalue weighted by atomic mass is 10.0. The Kier molecular flexibility index (Phi) is 3.38. The van der Waals surface area contributed by atoms with Crippen LogP contribution in [0.3, 0.4) is 0 Å². The summed E-state index contributed by atoms with van der Waals surface area (Å²) in [5, 5.41) is 1.30. The number of rotatable bonds is 4. The third-order valence-electron chi connectivity index (χ3n) is 3.14. The predicted molar refractivity (Wildman–Crippen MR) is 63.4 cm³/mol.